The average Bonchev–Trinajstić information content (AvgIpc) is 2.66. The van der Waals surface area contributed by atoms with Crippen molar-refractivity contribution in [3.8, 4) is 6.07 Å². The molecule has 0 unspecified atom stereocenters. The van der Waals surface area contributed by atoms with Crippen LogP contribution < -0.4 is 10.0 Å². The van der Waals surface area contributed by atoms with E-state index in [9.17, 15) is 23.2 Å². The third-order valence-electron chi connectivity index (χ3n) is 5.86. The average molecular weight is 411 g/mol. The Morgan fingerprint density at radius 2 is 1.79 bits per heavy atom. The fourth-order valence-corrected chi connectivity index (χ4v) is 4.57. The highest BCUT2D eigenvalue weighted by atomic mass is 32.2. The molecule has 152 valence electrons. The van der Waals surface area contributed by atoms with E-state index in [2.05, 4.69) is 16.1 Å². The van der Waals surface area contributed by atoms with Gasteiger partial charge in [-0.3, -0.25) is 4.79 Å². The smallest absolute Gasteiger partial charge is 0.347 e. The number of carbonyl (C=O) groups is 1. The lowest BCUT2D eigenvalue weighted by Crippen LogP contribution is -2.56. The normalized spacial score (nSPS) is 26.8. The molecule has 2 N–H and O–H groups in total. The van der Waals surface area contributed by atoms with Gasteiger partial charge in [0.2, 0.25) is 0 Å². The quantitative estimate of drug-likeness (QED) is 0.626. The Hall–Kier alpha value is -1.88. The SMILES string of the molecule is CC(C)SNc1ccc(C(F)(F)F)cc1C(=O)NC12CCC(C#N)(CC1)CC2. The van der Waals surface area contributed by atoms with E-state index in [1.54, 1.807) is 0 Å². The molecule has 0 aromatic heterocycles. The number of halogens is 3. The van der Waals surface area contributed by atoms with Crippen LogP contribution in [0.25, 0.3) is 0 Å². The van der Waals surface area contributed by atoms with Gasteiger partial charge in [-0.2, -0.15) is 18.4 Å². The summed E-state index contributed by atoms with van der Waals surface area (Å²) in [5, 5.41) is 12.6. The van der Waals surface area contributed by atoms with Crippen LogP contribution in [0, 0.1) is 16.7 Å². The number of hydrogen-bond donors (Lipinski definition) is 2. The lowest BCUT2D eigenvalue weighted by molar-refractivity contribution is -0.137. The lowest BCUT2D eigenvalue weighted by atomic mass is 9.58. The van der Waals surface area contributed by atoms with E-state index >= 15 is 0 Å². The van der Waals surface area contributed by atoms with Crippen molar-refractivity contribution >= 4 is 23.5 Å². The van der Waals surface area contributed by atoms with Crippen LogP contribution in [0.1, 0.15) is 68.3 Å². The summed E-state index contributed by atoms with van der Waals surface area (Å²) in [7, 11) is 0. The van der Waals surface area contributed by atoms with Crippen LogP contribution in [0.2, 0.25) is 0 Å². The molecule has 3 fully saturated rings. The van der Waals surface area contributed by atoms with Gasteiger partial charge >= 0.3 is 6.18 Å². The fraction of sp³-hybridized carbons (Fsp3) is 0.600. The van der Waals surface area contributed by atoms with Crippen LogP contribution in [0.4, 0.5) is 18.9 Å². The molecular weight excluding hydrogens is 387 g/mol. The van der Waals surface area contributed by atoms with Gasteiger partial charge in [0, 0.05) is 10.8 Å². The van der Waals surface area contributed by atoms with Gasteiger partial charge in [0.15, 0.2) is 0 Å². The first-order chi connectivity index (χ1) is 13.1. The third kappa shape index (κ3) is 4.24. The third-order valence-corrected chi connectivity index (χ3v) is 6.67. The molecule has 0 aliphatic heterocycles. The van der Waals surface area contributed by atoms with Crippen LogP contribution in [-0.4, -0.2) is 16.7 Å². The molecule has 0 radical (unpaired) electrons. The molecule has 3 saturated carbocycles. The van der Waals surface area contributed by atoms with Gasteiger partial charge in [0.1, 0.15) is 0 Å². The zero-order chi connectivity index (χ0) is 20.6. The number of benzene rings is 1. The molecule has 0 heterocycles. The van der Waals surface area contributed by atoms with Crippen LogP contribution in [0.5, 0.6) is 0 Å². The molecule has 28 heavy (non-hydrogen) atoms. The van der Waals surface area contributed by atoms with Gasteiger partial charge in [-0.1, -0.05) is 13.8 Å². The predicted octanol–water partition coefficient (Wildman–Crippen LogP) is 5.52. The number of nitriles is 1. The number of rotatable bonds is 5. The van der Waals surface area contributed by atoms with Crippen LogP contribution in [-0.2, 0) is 6.18 Å². The number of hydrogen-bond acceptors (Lipinski definition) is 4. The molecule has 4 rings (SSSR count). The van der Waals surface area contributed by atoms with E-state index in [1.807, 2.05) is 13.8 Å². The van der Waals surface area contributed by atoms with E-state index in [4.69, 9.17) is 0 Å². The Morgan fingerprint density at radius 3 is 2.29 bits per heavy atom. The Kier molecular flexibility index (Phi) is 5.59. The van der Waals surface area contributed by atoms with Crippen molar-refractivity contribution in [2.24, 2.45) is 5.41 Å². The summed E-state index contributed by atoms with van der Waals surface area (Å²) in [5.74, 6) is -0.496. The number of carbonyl (C=O) groups excluding carboxylic acids is 1. The van der Waals surface area contributed by atoms with E-state index < -0.39 is 23.2 Å². The second-order valence-corrected chi connectivity index (χ2v) is 9.54. The maximum Gasteiger partial charge on any atom is 0.416 e. The van der Waals surface area contributed by atoms with E-state index in [0.717, 1.165) is 31.4 Å². The molecule has 1 amide bonds. The second kappa shape index (κ2) is 7.51. The summed E-state index contributed by atoms with van der Waals surface area (Å²) in [6.07, 6.45) is -0.278. The Morgan fingerprint density at radius 1 is 1.18 bits per heavy atom. The van der Waals surface area contributed by atoms with E-state index in [1.165, 1.54) is 18.0 Å². The molecule has 4 nitrogen and oxygen atoms in total. The molecule has 0 atom stereocenters. The number of anilines is 1. The summed E-state index contributed by atoms with van der Waals surface area (Å²) in [6.45, 7) is 3.90. The van der Waals surface area contributed by atoms with Crippen molar-refractivity contribution in [1.82, 2.24) is 5.32 Å². The standard InChI is InChI=1S/C20H24F3N3OS/c1-13(2)28-26-16-4-3-14(20(21,22)23)11-15(16)17(27)25-19-8-5-18(12-24,6-9-19)7-10-19/h3-4,11,13,26H,5-10H2,1-2H3,(H,25,27). The number of fused-ring (bicyclic) bond motifs is 3. The van der Waals surface area contributed by atoms with E-state index in [0.29, 0.717) is 24.9 Å². The van der Waals surface area contributed by atoms with Crippen molar-refractivity contribution in [1.29, 1.82) is 5.26 Å². The van der Waals surface area contributed by atoms with Gasteiger partial charge in [-0.05, 0) is 68.7 Å². The molecule has 1 aromatic rings. The van der Waals surface area contributed by atoms with Gasteiger partial charge in [-0.15, -0.1) is 0 Å². The molecule has 3 aliphatic carbocycles. The summed E-state index contributed by atoms with van der Waals surface area (Å²) < 4.78 is 42.5. The minimum Gasteiger partial charge on any atom is -0.347 e. The predicted molar refractivity (Wildman–Crippen MR) is 104 cm³/mol. The number of amides is 1. The summed E-state index contributed by atoms with van der Waals surface area (Å²) >= 11 is 1.34. The van der Waals surface area contributed by atoms with Crippen molar-refractivity contribution in [3.63, 3.8) is 0 Å². The minimum absolute atomic E-state index is 0.0000402. The van der Waals surface area contributed by atoms with Crippen molar-refractivity contribution < 1.29 is 18.0 Å². The molecule has 2 bridgehead atoms. The number of alkyl halides is 3. The van der Waals surface area contributed by atoms with Crippen molar-refractivity contribution in [2.45, 2.75) is 69.3 Å². The first-order valence-corrected chi connectivity index (χ1v) is 10.3. The Balaban J connectivity index is 1.84. The van der Waals surface area contributed by atoms with Crippen LogP contribution in [0.3, 0.4) is 0 Å². The van der Waals surface area contributed by atoms with E-state index in [-0.39, 0.29) is 16.2 Å². The largest absolute Gasteiger partial charge is 0.416 e. The van der Waals surface area contributed by atoms with Gasteiger partial charge < -0.3 is 10.0 Å². The lowest BCUT2D eigenvalue weighted by Gasteiger charge is -2.50. The van der Waals surface area contributed by atoms with Crippen LogP contribution in [0.15, 0.2) is 18.2 Å². The molecule has 3 aliphatic rings. The second-order valence-electron chi connectivity index (χ2n) is 8.15. The summed E-state index contributed by atoms with van der Waals surface area (Å²) in [4.78, 5) is 13.0. The summed E-state index contributed by atoms with van der Waals surface area (Å²) in [5.41, 5.74) is -1.18. The number of nitrogens with one attached hydrogen (secondary N) is 2. The first-order valence-electron chi connectivity index (χ1n) is 9.45. The highest BCUT2D eigenvalue weighted by molar-refractivity contribution is 8.01. The van der Waals surface area contributed by atoms with Crippen LogP contribution >= 0.6 is 11.9 Å². The highest BCUT2D eigenvalue weighted by Crippen LogP contribution is 2.52. The fourth-order valence-electron chi connectivity index (χ4n) is 4.03. The Bertz CT molecular complexity index is 776. The zero-order valence-electron chi connectivity index (χ0n) is 15.9. The molecule has 1 aromatic carbocycles. The topological polar surface area (TPSA) is 64.9 Å². The number of nitrogens with zero attached hydrogens (tertiary/aromatic N) is 1. The molecular formula is C20H24F3N3OS. The summed E-state index contributed by atoms with van der Waals surface area (Å²) in [6, 6.07) is 5.63. The zero-order valence-corrected chi connectivity index (χ0v) is 16.8. The first kappa shape index (κ1) is 20.8. The minimum atomic E-state index is -4.51. The molecule has 0 spiro atoms. The van der Waals surface area contributed by atoms with Gasteiger partial charge in [0.05, 0.1) is 28.3 Å². The van der Waals surface area contributed by atoms with Gasteiger partial charge in [0.25, 0.3) is 5.91 Å². The highest BCUT2D eigenvalue weighted by Gasteiger charge is 2.49. The van der Waals surface area contributed by atoms with Crippen molar-refractivity contribution in [2.75, 3.05) is 4.72 Å². The molecule has 8 heteroatoms. The van der Waals surface area contributed by atoms with Gasteiger partial charge in [-0.25, -0.2) is 0 Å². The molecule has 0 saturated heterocycles. The maximum absolute atomic E-state index is 13.2. The maximum atomic E-state index is 13.2. The monoisotopic (exact) mass is 411 g/mol. The Labute approximate surface area is 167 Å². The van der Waals surface area contributed by atoms with Crippen molar-refractivity contribution in [3.05, 3.63) is 29.3 Å².